The number of pyridine rings is 1. The maximum atomic E-state index is 12.8. The summed E-state index contributed by atoms with van der Waals surface area (Å²) < 4.78 is 71.8. The van der Waals surface area contributed by atoms with Gasteiger partial charge in [-0.2, -0.15) is 18.2 Å². The van der Waals surface area contributed by atoms with E-state index < -0.39 is 49.2 Å². The highest BCUT2D eigenvalue weighted by molar-refractivity contribution is 5.86. The quantitative estimate of drug-likeness (QED) is 0.153. The molecule has 1 saturated carbocycles. The van der Waals surface area contributed by atoms with Crippen LogP contribution in [0.5, 0.6) is 5.75 Å². The topological polar surface area (TPSA) is 114 Å². The number of anilines is 1. The molecule has 43 heavy (non-hydrogen) atoms. The normalized spacial score (nSPS) is 17.4. The first kappa shape index (κ1) is 34.5. The number of carboxylic acids is 1. The van der Waals surface area contributed by atoms with Crippen LogP contribution in [0, 0.1) is 12.8 Å². The molecule has 1 unspecified atom stereocenters. The Morgan fingerprint density at radius 1 is 1.14 bits per heavy atom. The monoisotopic (exact) mass is 619 g/mol. The number of ether oxygens (including phenoxy) is 1. The van der Waals surface area contributed by atoms with Gasteiger partial charge in [0, 0.05) is 13.0 Å². The summed E-state index contributed by atoms with van der Waals surface area (Å²) in [5, 5.41) is 16.6. The van der Waals surface area contributed by atoms with E-state index in [9.17, 15) is 26.7 Å². The number of carboxylic acid groups (broad SMARTS) is 1. The summed E-state index contributed by atoms with van der Waals surface area (Å²) >= 11 is 0. The second-order valence-corrected chi connectivity index (χ2v) is 11.5. The zero-order chi connectivity index (χ0) is 31.7. The van der Waals surface area contributed by atoms with Gasteiger partial charge in [-0.1, -0.05) is 57.0 Å². The Labute approximate surface area is 248 Å². The molecule has 1 aliphatic carbocycles. The van der Waals surface area contributed by atoms with Crippen molar-refractivity contribution in [2.24, 2.45) is 5.92 Å². The molecule has 14 heteroatoms. The largest absolute Gasteiger partial charge is 0.482 e. The Balaban J connectivity index is 0.000000236. The minimum Gasteiger partial charge on any atom is -0.482 e. The molecule has 242 valence electrons. The predicted octanol–water partition coefficient (Wildman–Crippen LogP) is 6.91. The number of unbranched alkanes of at least 4 members (excludes halogenated alkanes) is 7. The van der Waals surface area contributed by atoms with Crippen LogP contribution < -0.4 is 15.0 Å². The fourth-order valence-corrected chi connectivity index (χ4v) is 4.93. The molecule has 2 fully saturated rings. The molecule has 1 saturated heterocycles. The summed E-state index contributed by atoms with van der Waals surface area (Å²) in [6.45, 7) is 4.38. The van der Waals surface area contributed by atoms with E-state index in [1.165, 1.54) is 64.2 Å². The van der Waals surface area contributed by atoms with Crippen LogP contribution in [0.4, 0.5) is 27.6 Å². The van der Waals surface area contributed by atoms with Crippen LogP contribution in [-0.2, 0) is 5.54 Å². The Morgan fingerprint density at radius 2 is 1.77 bits per heavy atom. The van der Waals surface area contributed by atoms with E-state index in [1.807, 2.05) is 6.92 Å². The van der Waals surface area contributed by atoms with Gasteiger partial charge >= 0.3 is 12.1 Å². The zero-order valence-electron chi connectivity index (χ0n) is 25.0. The van der Waals surface area contributed by atoms with Gasteiger partial charge < -0.3 is 24.6 Å². The van der Waals surface area contributed by atoms with Crippen molar-refractivity contribution >= 4 is 11.7 Å². The Morgan fingerprint density at radius 3 is 2.28 bits per heavy atom. The van der Waals surface area contributed by atoms with Crippen LogP contribution >= 0.6 is 0 Å². The number of hydrogen-bond acceptors (Lipinski definition) is 8. The van der Waals surface area contributed by atoms with Gasteiger partial charge in [0.05, 0.1) is 30.5 Å². The number of nitrogens with zero attached hydrogens (tertiary/aromatic N) is 4. The van der Waals surface area contributed by atoms with Crippen molar-refractivity contribution in [3.05, 3.63) is 29.7 Å². The highest BCUT2D eigenvalue weighted by atomic mass is 19.4. The molecule has 2 aliphatic rings. The van der Waals surface area contributed by atoms with Gasteiger partial charge in [-0.05, 0) is 38.6 Å². The van der Waals surface area contributed by atoms with Crippen molar-refractivity contribution in [2.45, 2.75) is 103 Å². The summed E-state index contributed by atoms with van der Waals surface area (Å²) in [6.07, 6.45) is 9.69. The summed E-state index contributed by atoms with van der Waals surface area (Å²) in [5.74, 6) is -2.68. The lowest BCUT2D eigenvalue weighted by molar-refractivity contribution is -0.153. The van der Waals surface area contributed by atoms with Crippen LogP contribution in [0.25, 0.3) is 0 Å². The average Bonchev–Trinajstić information content (AvgIpc) is 3.70. The molecule has 4 rings (SSSR count). The van der Waals surface area contributed by atoms with Crippen molar-refractivity contribution < 1.29 is 41.1 Å². The lowest BCUT2D eigenvalue weighted by Gasteiger charge is -2.40. The molecule has 0 spiro atoms. The summed E-state index contributed by atoms with van der Waals surface area (Å²) in [7, 11) is 0. The number of aryl methyl sites for hydroxylation is 1. The van der Waals surface area contributed by atoms with E-state index in [-0.39, 0.29) is 11.2 Å². The number of aromatic nitrogens is 3. The van der Waals surface area contributed by atoms with E-state index in [4.69, 9.17) is 9.63 Å². The van der Waals surface area contributed by atoms with Crippen molar-refractivity contribution in [1.29, 1.82) is 0 Å². The van der Waals surface area contributed by atoms with E-state index in [0.717, 1.165) is 29.5 Å². The molecular weight excluding hydrogens is 577 g/mol. The molecule has 1 aliphatic heterocycles. The molecule has 2 N–H and O–H groups in total. The third-order valence-corrected chi connectivity index (χ3v) is 7.55. The Bertz CT molecular complexity index is 1170. The Kier molecular flexibility index (Phi) is 12.1. The van der Waals surface area contributed by atoms with Gasteiger partial charge in [-0.15, -0.1) is 0 Å². The second-order valence-electron chi connectivity index (χ2n) is 11.5. The van der Waals surface area contributed by atoms with Crippen LogP contribution in [0.15, 0.2) is 16.8 Å². The van der Waals surface area contributed by atoms with E-state index in [1.54, 1.807) is 0 Å². The van der Waals surface area contributed by atoms with Crippen LogP contribution in [-0.4, -0.2) is 64.5 Å². The number of carbonyl (C=O) groups is 1. The lowest BCUT2D eigenvalue weighted by atomic mass is 9.94. The van der Waals surface area contributed by atoms with Gasteiger partial charge in [0.1, 0.15) is 5.75 Å². The summed E-state index contributed by atoms with van der Waals surface area (Å²) in [6, 6.07) is 0.778. The minimum atomic E-state index is -4.64. The molecule has 2 aromatic rings. The lowest BCUT2D eigenvalue weighted by Crippen LogP contribution is -2.56. The number of halogens is 5. The van der Waals surface area contributed by atoms with Crippen LogP contribution in [0.3, 0.4) is 0 Å². The van der Waals surface area contributed by atoms with E-state index >= 15 is 0 Å². The maximum absolute atomic E-state index is 12.8. The smallest absolute Gasteiger partial charge is 0.422 e. The van der Waals surface area contributed by atoms with Crippen LogP contribution in [0.1, 0.15) is 100 Å². The summed E-state index contributed by atoms with van der Waals surface area (Å²) in [4.78, 5) is 19.8. The molecular formula is C29H42F5N5O4. The first-order chi connectivity index (χ1) is 20.2. The van der Waals surface area contributed by atoms with Gasteiger partial charge in [-0.3, -0.25) is 0 Å². The molecule has 2 aromatic heterocycles. The van der Waals surface area contributed by atoms with Crippen LogP contribution in [0.2, 0.25) is 0 Å². The molecule has 0 radical (unpaired) electrons. The number of rotatable bonds is 16. The third kappa shape index (κ3) is 10.9. The Hall–Kier alpha value is -3.03. The maximum Gasteiger partial charge on any atom is 0.422 e. The van der Waals surface area contributed by atoms with Crippen molar-refractivity contribution in [3.8, 4) is 5.75 Å². The van der Waals surface area contributed by atoms with E-state index in [2.05, 4.69) is 39.0 Å². The summed E-state index contributed by atoms with van der Waals surface area (Å²) in [5.41, 5.74) is -0.739. The highest BCUT2D eigenvalue weighted by Crippen LogP contribution is 2.44. The fraction of sp³-hybridized carbons (Fsp3) is 0.724. The first-order valence-corrected chi connectivity index (χ1v) is 14.9. The molecule has 0 aromatic carbocycles. The molecule has 0 bridgehead atoms. The van der Waals surface area contributed by atoms with Gasteiger partial charge in [0.2, 0.25) is 5.89 Å². The van der Waals surface area contributed by atoms with Gasteiger partial charge in [-0.25, -0.2) is 18.6 Å². The SMILES string of the molecule is CCCCCCCCCCNC(C)(c1noc(C)n1)C1CC1.O=C(O)c1cc(OCC(F)(F)F)c(N2CC(F)(F)C2)cn1. The van der Waals surface area contributed by atoms with E-state index in [0.29, 0.717) is 11.8 Å². The van der Waals surface area contributed by atoms with Gasteiger partial charge in [0.15, 0.2) is 18.1 Å². The predicted molar refractivity (Wildman–Crippen MR) is 150 cm³/mol. The minimum absolute atomic E-state index is 0.0983. The fourth-order valence-electron chi connectivity index (χ4n) is 4.93. The molecule has 3 heterocycles. The number of aromatic carboxylic acids is 1. The second kappa shape index (κ2) is 15.1. The van der Waals surface area contributed by atoms with Crippen molar-refractivity contribution in [1.82, 2.24) is 20.4 Å². The number of hydrogen-bond donors (Lipinski definition) is 2. The molecule has 1 atom stereocenters. The number of alkyl halides is 5. The zero-order valence-corrected chi connectivity index (χ0v) is 25.0. The van der Waals surface area contributed by atoms with Crippen molar-refractivity contribution in [3.63, 3.8) is 0 Å². The molecule has 9 nitrogen and oxygen atoms in total. The standard InChI is InChI=1S/C18H33N3O.C11H9F5N2O3/c1-4-5-6-7-8-9-10-11-14-19-18(3,16-12-13-16)17-20-15(2)22-21-17;12-10(13)3-18(4-10)7-2-17-6(9(19)20)1-8(7)21-5-11(14,15)16/h16,19H,4-14H2,1-3H3;1-2H,3-5H2,(H,19,20). The average molecular weight is 620 g/mol. The number of nitrogens with one attached hydrogen (secondary N) is 1. The highest BCUT2D eigenvalue weighted by Gasteiger charge is 2.46. The van der Waals surface area contributed by atoms with Crippen molar-refractivity contribution in [2.75, 3.05) is 31.1 Å². The molecule has 0 amide bonds. The van der Waals surface area contributed by atoms with Gasteiger partial charge in [0.25, 0.3) is 5.92 Å². The first-order valence-electron chi connectivity index (χ1n) is 14.9. The third-order valence-electron chi connectivity index (χ3n) is 7.55.